The molecule has 0 atom stereocenters. The summed E-state index contributed by atoms with van der Waals surface area (Å²) in [6.07, 6.45) is 0.161. The molecule has 1 N–H and O–H groups in total. The first-order valence-corrected chi connectivity index (χ1v) is 3.61. The smallest absolute Gasteiger partial charge is 0.250 e. The van der Waals surface area contributed by atoms with Crippen LogP contribution in [0.15, 0.2) is 0 Å². The van der Waals surface area contributed by atoms with E-state index in [0.717, 1.165) is 6.54 Å². The van der Waals surface area contributed by atoms with Crippen molar-refractivity contribution in [3.63, 3.8) is 0 Å². The van der Waals surface area contributed by atoms with Gasteiger partial charge in [0.15, 0.2) is 0 Å². The molecule has 0 radical (unpaired) electrons. The molecule has 1 fully saturated rings. The van der Waals surface area contributed by atoms with Gasteiger partial charge in [-0.05, 0) is 18.3 Å². The number of alkyl halides is 2. The fourth-order valence-corrected chi connectivity index (χ4v) is 0.873. The molecule has 10 heavy (non-hydrogen) atoms. The van der Waals surface area contributed by atoms with Crippen molar-refractivity contribution >= 4 is 0 Å². The summed E-state index contributed by atoms with van der Waals surface area (Å²) >= 11 is 0. The summed E-state index contributed by atoms with van der Waals surface area (Å²) in [6.45, 7) is 2.71. The Hall–Kier alpha value is -0.180. The first-order chi connectivity index (χ1) is 4.62. The number of rotatable bonds is 4. The third kappa shape index (κ3) is 2.60. The maximum absolute atomic E-state index is 11.6. The van der Waals surface area contributed by atoms with Crippen LogP contribution in [0.3, 0.4) is 0 Å². The first kappa shape index (κ1) is 7.92. The van der Waals surface area contributed by atoms with Crippen LogP contribution in [0.5, 0.6) is 0 Å². The Morgan fingerprint density at radius 1 is 1.50 bits per heavy atom. The van der Waals surface area contributed by atoms with Crippen LogP contribution in [0.25, 0.3) is 0 Å². The van der Waals surface area contributed by atoms with Crippen LogP contribution >= 0.6 is 0 Å². The molecular formula is C7H13F2N. The van der Waals surface area contributed by atoms with Gasteiger partial charge in [0, 0.05) is 6.54 Å². The lowest BCUT2D eigenvalue weighted by Gasteiger charge is -2.08. The van der Waals surface area contributed by atoms with Crippen LogP contribution in [-0.2, 0) is 0 Å². The maximum atomic E-state index is 11.6. The zero-order valence-corrected chi connectivity index (χ0v) is 6.16. The molecule has 1 nitrogen and oxygen atoms in total. The average molecular weight is 149 g/mol. The minimum absolute atomic E-state index is 0.157. The second kappa shape index (κ2) is 2.82. The van der Waals surface area contributed by atoms with Gasteiger partial charge >= 0.3 is 0 Å². The van der Waals surface area contributed by atoms with E-state index in [0.29, 0.717) is 5.41 Å². The normalized spacial score (nSPS) is 21.6. The van der Waals surface area contributed by atoms with Gasteiger partial charge in [-0.3, -0.25) is 0 Å². The molecule has 0 amide bonds. The zero-order chi connectivity index (χ0) is 7.61. The van der Waals surface area contributed by atoms with Crippen LogP contribution in [0.1, 0.15) is 19.8 Å². The van der Waals surface area contributed by atoms with Gasteiger partial charge in [0.2, 0.25) is 0 Å². The highest BCUT2D eigenvalue weighted by Crippen LogP contribution is 2.43. The predicted molar refractivity (Wildman–Crippen MR) is 36.2 cm³/mol. The molecule has 0 saturated heterocycles. The van der Waals surface area contributed by atoms with Crippen molar-refractivity contribution < 1.29 is 8.78 Å². The van der Waals surface area contributed by atoms with Gasteiger partial charge in [0.1, 0.15) is 0 Å². The summed E-state index contributed by atoms with van der Waals surface area (Å²) < 4.78 is 23.1. The standard InChI is InChI=1S/C7H13F2N/c1-7(2-3-7)5-10-4-6(8)9/h6,10H,2-5H2,1H3. The SMILES string of the molecule is CC1(CNCC(F)F)CC1. The molecule has 0 aliphatic heterocycles. The molecule has 1 aliphatic rings. The molecule has 1 saturated carbocycles. The lowest BCUT2D eigenvalue weighted by Crippen LogP contribution is -2.26. The summed E-state index contributed by atoms with van der Waals surface area (Å²) in [5, 5.41) is 2.74. The average Bonchev–Trinajstić information content (AvgIpc) is 2.47. The van der Waals surface area contributed by atoms with Crippen LogP contribution in [-0.4, -0.2) is 19.5 Å². The van der Waals surface area contributed by atoms with E-state index >= 15 is 0 Å². The minimum Gasteiger partial charge on any atom is -0.311 e. The molecular weight excluding hydrogens is 136 g/mol. The molecule has 0 aromatic heterocycles. The van der Waals surface area contributed by atoms with Crippen LogP contribution in [0, 0.1) is 5.41 Å². The predicted octanol–water partition coefficient (Wildman–Crippen LogP) is 1.64. The van der Waals surface area contributed by atoms with Gasteiger partial charge in [0.25, 0.3) is 6.43 Å². The van der Waals surface area contributed by atoms with Crippen molar-refractivity contribution in [3.8, 4) is 0 Å². The van der Waals surface area contributed by atoms with E-state index in [-0.39, 0.29) is 6.54 Å². The van der Waals surface area contributed by atoms with E-state index in [9.17, 15) is 8.78 Å². The summed E-state index contributed by atoms with van der Waals surface area (Å²) in [6, 6.07) is 0. The largest absolute Gasteiger partial charge is 0.311 e. The highest BCUT2D eigenvalue weighted by molar-refractivity contribution is 4.90. The summed E-state index contributed by atoms with van der Waals surface area (Å²) in [5.41, 5.74) is 0.342. The molecule has 0 unspecified atom stereocenters. The second-order valence-corrected chi connectivity index (χ2v) is 3.33. The highest BCUT2D eigenvalue weighted by atomic mass is 19.3. The fourth-order valence-electron chi connectivity index (χ4n) is 0.873. The molecule has 1 aliphatic carbocycles. The van der Waals surface area contributed by atoms with Gasteiger partial charge in [-0.1, -0.05) is 6.92 Å². The summed E-state index contributed by atoms with van der Waals surface area (Å²) in [7, 11) is 0. The van der Waals surface area contributed by atoms with Gasteiger partial charge in [0.05, 0.1) is 6.54 Å². The Morgan fingerprint density at radius 2 is 2.10 bits per heavy atom. The highest BCUT2D eigenvalue weighted by Gasteiger charge is 2.36. The van der Waals surface area contributed by atoms with E-state index in [1.807, 2.05) is 0 Å². The first-order valence-electron chi connectivity index (χ1n) is 3.61. The van der Waals surface area contributed by atoms with Crippen molar-refractivity contribution in [2.45, 2.75) is 26.2 Å². The van der Waals surface area contributed by atoms with E-state index in [4.69, 9.17) is 0 Å². The third-order valence-electron chi connectivity index (χ3n) is 1.95. The van der Waals surface area contributed by atoms with E-state index in [1.165, 1.54) is 12.8 Å². The second-order valence-electron chi connectivity index (χ2n) is 3.33. The molecule has 3 heteroatoms. The Labute approximate surface area is 59.8 Å². The number of hydrogen-bond donors (Lipinski definition) is 1. The number of hydrogen-bond acceptors (Lipinski definition) is 1. The van der Waals surface area contributed by atoms with Crippen LogP contribution in [0.2, 0.25) is 0 Å². The minimum atomic E-state index is -2.21. The summed E-state index contributed by atoms with van der Waals surface area (Å²) in [4.78, 5) is 0. The van der Waals surface area contributed by atoms with Crippen LogP contribution < -0.4 is 5.32 Å². The van der Waals surface area contributed by atoms with E-state index in [2.05, 4.69) is 12.2 Å². The lowest BCUT2D eigenvalue weighted by atomic mass is 10.1. The molecule has 0 aromatic rings. The van der Waals surface area contributed by atoms with Crippen molar-refractivity contribution in [1.82, 2.24) is 5.32 Å². The van der Waals surface area contributed by atoms with Crippen molar-refractivity contribution in [3.05, 3.63) is 0 Å². The summed E-state index contributed by atoms with van der Waals surface area (Å²) in [5.74, 6) is 0. The van der Waals surface area contributed by atoms with E-state index in [1.54, 1.807) is 0 Å². The lowest BCUT2D eigenvalue weighted by molar-refractivity contribution is 0.144. The molecule has 60 valence electrons. The Bertz CT molecular complexity index is 110. The Balaban J connectivity index is 1.95. The Morgan fingerprint density at radius 3 is 2.50 bits per heavy atom. The number of halogens is 2. The fraction of sp³-hybridized carbons (Fsp3) is 1.00. The quantitative estimate of drug-likeness (QED) is 0.640. The third-order valence-corrected chi connectivity index (χ3v) is 1.95. The van der Waals surface area contributed by atoms with Gasteiger partial charge in [-0.25, -0.2) is 8.78 Å². The Kier molecular flexibility index (Phi) is 2.24. The monoisotopic (exact) mass is 149 g/mol. The molecule has 0 bridgehead atoms. The van der Waals surface area contributed by atoms with E-state index < -0.39 is 6.43 Å². The molecule has 0 aromatic carbocycles. The molecule has 0 heterocycles. The van der Waals surface area contributed by atoms with Crippen LogP contribution in [0.4, 0.5) is 8.78 Å². The zero-order valence-electron chi connectivity index (χ0n) is 6.16. The molecule has 0 spiro atoms. The van der Waals surface area contributed by atoms with Gasteiger partial charge in [-0.2, -0.15) is 0 Å². The molecule has 1 rings (SSSR count). The number of nitrogens with one attached hydrogen (secondary N) is 1. The van der Waals surface area contributed by atoms with Gasteiger partial charge < -0.3 is 5.32 Å². The van der Waals surface area contributed by atoms with Gasteiger partial charge in [-0.15, -0.1) is 0 Å². The van der Waals surface area contributed by atoms with Crippen molar-refractivity contribution in [1.29, 1.82) is 0 Å². The maximum Gasteiger partial charge on any atom is 0.250 e. The topological polar surface area (TPSA) is 12.0 Å². The van der Waals surface area contributed by atoms with Crippen molar-refractivity contribution in [2.75, 3.05) is 13.1 Å². The van der Waals surface area contributed by atoms with Crippen molar-refractivity contribution in [2.24, 2.45) is 5.41 Å².